The third kappa shape index (κ3) is 2.87. The topological polar surface area (TPSA) is 12.0 Å². The molecule has 0 unspecified atom stereocenters. The van der Waals surface area contributed by atoms with Gasteiger partial charge < -0.3 is 5.32 Å². The lowest BCUT2D eigenvalue weighted by Crippen LogP contribution is -2.34. The minimum absolute atomic E-state index is 0.526. The molecular formula is C17H17BrClN. The van der Waals surface area contributed by atoms with E-state index in [-0.39, 0.29) is 0 Å². The second-order valence-electron chi connectivity index (χ2n) is 5.50. The van der Waals surface area contributed by atoms with Gasteiger partial charge in [-0.05, 0) is 55.0 Å². The Kier molecular flexibility index (Phi) is 4.04. The SMILES string of the molecule is Cc1cccc(Cl)c1NC1CC(c2cccc(Br)c2)C1. The number of aryl methyl sites for hydroxylation is 1. The molecule has 3 heteroatoms. The molecule has 0 saturated heterocycles. The second kappa shape index (κ2) is 5.79. The summed E-state index contributed by atoms with van der Waals surface area (Å²) in [6.45, 7) is 2.10. The Labute approximate surface area is 133 Å². The first kappa shape index (κ1) is 14.0. The van der Waals surface area contributed by atoms with Gasteiger partial charge in [-0.15, -0.1) is 0 Å². The summed E-state index contributed by atoms with van der Waals surface area (Å²) < 4.78 is 1.16. The predicted octanol–water partition coefficient (Wildman–Crippen LogP) is 5.77. The summed E-state index contributed by atoms with van der Waals surface area (Å²) in [5.74, 6) is 0.660. The highest BCUT2D eigenvalue weighted by molar-refractivity contribution is 9.10. The summed E-state index contributed by atoms with van der Waals surface area (Å²) in [4.78, 5) is 0. The molecule has 0 amide bonds. The van der Waals surface area contributed by atoms with Crippen LogP contribution < -0.4 is 5.32 Å². The molecule has 0 heterocycles. The van der Waals surface area contributed by atoms with Crippen molar-refractivity contribution < 1.29 is 0 Å². The maximum atomic E-state index is 6.26. The largest absolute Gasteiger partial charge is 0.381 e. The number of hydrogen-bond acceptors (Lipinski definition) is 1. The third-order valence-electron chi connectivity index (χ3n) is 4.03. The standard InChI is InChI=1S/C17H17BrClN/c1-11-4-2-7-16(19)17(11)20-15-9-13(10-15)12-5-3-6-14(18)8-12/h2-8,13,15,20H,9-10H2,1H3. The van der Waals surface area contributed by atoms with Gasteiger partial charge >= 0.3 is 0 Å². The maximum Gasteiger partial charge on any atom is 0.0640 e. The Morgan fingerprint density at radius 1 is 1.15 bits per heavy atom. The number of nitrogens with one attached hydrogen (secondary N) is 1. The second-order valence-corrected chi connectivity index (χ2v) is 6.82. The molecule has 3 rings (SSSR count). The molecule has 1 aliphatic carbocycles. The van der Waals surface area contributed by atoms with E-state index >= 15 is 0 Å². The number of rotatable bonds is 3. The van der Waals surface area contributed by atoms with Gasteiger partial charge in [-0.1, -0.05) is 51.8 Å². The molecule has 1 fully saturated rings. The van der Waals surface area contributed by atoms with E-state index in [4.69, 9.17) is 11.6 Å². The van der Waals surface area contributed by atoms with Crippen LogP contribution in [0.1, 0.15) is 29.9 Å². The number of anilines is 1. The minimum atomic E-state index is 0.526. The quantitative estimate of drug-likeness (QED) is 0.741. The predicted molar refractivity (Wildman–Crippen MR) is 89.7 cm³/mol. The molecule has 1 saturated carbocycles. The highest BCUT2D eigenvalue weighted by atomic mass is 79.9. The van der Waals surface area contributed by atoms with Gasteiger partial charge in [-0.3, -0.25) is 0 Å². The van der Waals surface area contributed by atoms with Crippen molar-refractivity contribution in [2.75, 3.05) is 5.32 Å². The molecule has 1 N–H and O–H groups in total. The summed E-state index contributed by atoms with van der Waals surface area (Å²) >= 11 is 9.80. The molecule has 2 aromatic carbocycles. The Morgan fingerprint density at radius 3 is 2.60 bits per heavy atom. The Morgan fingerprint density at radius 2 is 1.90 bits per heavy atom. The van der Waals surface area contributed by atoms with Crippen LogP contribution in [0.5, 0.6) is 0 Å². The van der Waals surface area contributed by atoms with E-state index in [1.54, 1.807) is 0 Å². The van der Waals surface area contributed by atoms with Gasteiger partial charge in [0.25, 0.3) is 0 Å². The number of hydrogen-bond donors (Lipinski definition) is 1. The zero-order chi connectivity index (χ0) is 14.1. The van der Waals surface area contributed by atoms with Crippen molar-refractivity contribution in [1.82, 2.24) is 0 Å². The summed E-state index contributed by atoms with van der Waals surface area (Å²) in [6, 6.07) is 15.2. The maximum absolute atomic E-state index is 6.26. The van der Waals surface area contributed by atoms with Crippen LogP contribution in [-0.2, 0) is 0 Å². The van der Waals surface area contributed by atoms with Crippen molar-refractivity contribution in [3.63, 3.8) is 0 Å². The van der Waals surface area contributed by atoms with Gasteiger partial charge in [0.05, 0.1) is 10.7 Å². The first-order valence-corrected chi connectivity index (χ1v) is 8.07. The molecular weight excluding hydrogens is 334 g/mol. The van der Waals surface area contributed by atoms with Gasteiger partial charge in [0, 0.05) is 10.5 Å². The Bertz CT molecular complexity index is 600. The van der Waals surface area contributed by atoms with Crippen LogP contribution in [-0.4, -0.2) is 6.04 Å². The zero-order valence-corrected chi connectivity index (χ0v) is 13.7. The van der Waals surface area contributed by atoms with Crippen LogP contribution in [0.2, 0.25) is 5.02 Å². The monoisotopic (exact) mass is 349 g/mol. The van der Waals surface area contributed by atoms with Gasteiger partial charge in [-0.25, -0.2) is 0 Å². The van der Waals surface area contributed by atoms with Crippen LogP contribution in [0.4, 0.5) is 5.69 Å². The van der Waals surface area contributed by atoms with Gasteiger partial charge in [-0.2, -0.15) is 0 Å². The molecule has 0 spiro atoms. The third-order valence-corrected chi connectivity index (χ3v) is 4.84. The molecule has 20 heavy (non-hydrogen) atoms. The fourth-order valence-electron chi connectivity index (χ4n) is 2.79. The van der Waals surface area contributed by atoms with E-state index in [1.807, 2.05) is 12.1 Å². The normalized spacial score (nSPS) is 21.4. The molecule has 0 aromatic heterocycles. The van der Waals surface area contributed by atoms with Crippen molar-refractivity contribution in [3.8, 4) is 0 Å². The molecule has 104 valence electrons. The average molecular weight is 351 g/mol. The Hall–Kier alpha value is -0.990. The highest BCUT2D eigenvalue weighted by Gasteiger charge is 2.30. The van der Waals surface area contributed by atoms with Crippen LogP contribution >= 0.6 is 27.5 Å². The lowest BCUT2D eigenvalue weighted by Gasteiger charge is -2.37. The zero-order valence-electron chi connectivity index (χ0n) is 11.4. The molecule has 0 aliphatic heterocycles. The van der Waals surface area contributed by atoms with Crippen molar-refractivity contribution in [2.45, 2.75) is 31.7 Å². The minimum Gasteiger partial charge on any atom is -0.381 e. The van der Waals surface area contributed by atoms with Crippen molar-refractivity contribution >= 4 is 33.2 Å². The van der Waals surface area contributed by atoms with E-state index in [2.05, 4.69) is 58.5 Å². The van der Waals surface area contributed by atoms with Crippen molar-refractivity contribution in [1.29, 1.82) is 0 Å². The lowest BCUT2D eigenvalue weighted by atomic mass is 9.76. The lowest BCUT2D eigenvalue weighted by molar-refractivity contribution is 0.374. The molecule has 0 bridgehead atoms. The van der Waals surface area contributed by atoms with Crippen molar-refractivity contribution in [2.24, 2.45) is 0 Å². The van der Waals surface area contributed by atoms with Crippen LogP contribution in [0.15, 0.2) is 46.9 Å². The van der Waals surface area contributed by atoms with Gasteiger partial charge in [0.1, 0.15) is 0 Å². The van der Waals surface area contributed by atoms with E-state index in [1.165, 1.54) is 24.0 Å². The summed E-state index contributed by atoms with van der Waals surface area (Å²) in [6.07, 6.45) is 2.34. The molecule has 1 aliphatic rings. The Balaban J connectivity index is 1.64. The van der Waals surface area contributed by atoms with E-state index in [9.17, 15) is 0 Å². The van der Waals surface area contributed by atoms with E-state index in [0.717, 1.165) is 15.2 Å². The van der Waals surface area contributed by atoms with Gasteiger partial charge in [0.15, 0.2) is 0 Å². The fourth-order valence-corrected chi connectivity index (χ4v) is 3.48. The average Bonchev–Trinajstić information content (AvgIpc) is 2.36. The number of para-hydroxylation sites is 1. The molecule has 0 atom stereocenters. The van der Waals surface area contributed by atoms with Gasteiger partial charge in [0.2, 0.25) is 0 Å². The van der Waals surface area contributed by atoms with Crippen LogP contribution in [0, 0.1) is 6.92 Å². The van der Waals surface area contributed by atoms with E-state index in [0.29, 0.717) is 12.0 Å². The summed E-state index contributed by atoms with van der Waals surface area (Å²) in [7, 11) is 0. The van der Waals surface area contributed by atoms with Crippen LogP contribution in [0.25, 0.3) is 0 Å². The highest BCUT2D eigenvalue weighted by Crippen LogP contribution is 2.40. The van der Waals surface area contributed by atoms with Crippen LogP contribution in [0.3, 0.4) is 0 Å². The summed E-state index contributed by atoms with van der Waals surface area (Å²) in [5.41, 5.74) is 3.73. The number of benzene rings is 2. The van der Waals surface area contributed by atoms with Crippen molar-refractivity contribution in [3.05, 3.63) is 63.1 Å². The number of halogens is 2. The molecule has 1 nitrogen and oxygen atoms in total. The first-order valence-electron chi connectivity index (χ1n) is 6.90. The fraction of sp³-hybridized carbons (Fsp3) is 0.294. The summed E-state index contributed by atoms with van der Waals surface area (Å²) in [5, 5.41) is 4.40. The molecule has 0 radical (unpaired) electrons. The molecule has 2 aromatic rings. The smallest absolute Gasteiger partial charge is 0.0640 e. The first-order chi connectivity index (χ1) is 9.63. The van der Waals surface area contributed by atoms with E-state index < -0.39 is 0 Å².